The molecular weight excluding hydrogens is 140 g/mol. The first kappa shape index (κ1) is 8.53. The highest BCUT2D eigenvalue weighted by Crippen LogP contribution is 2.05. The van der Waals surface area contributed by atoms with Crippen LogP contribution in [0.4, 0.5) is 0 Å². The van der Waals surface area contributed by atoms with Gasteiger partial charge in [0.25, 0.3) is 0 Å². The van der Waals surface area contributed by atoms with Gasteiger partial charge in [0.15, 0.2) is 0 Å². The molecule has 1 rings (SSSR count). The summed E-state index contributed by atoms with van der Waals surface area (Å²) in [7, 11) is 0. The topological polar surface area (TPSA) is 41.1 Å². The van der Waals surface area contributed by atoms with Gasteiger partial charge in [-0.3, -0.25) is 4.79 Å². The van der Waals surface area contributed by atoms with Gasteiger partial charge in [0.05, 0.1) is 6.04 Å². The number of carbonyl (C=O) groups excluding carboxylic acids is 1. The van der Waals surface area contributed by atoms with E-state index in [1.54, 1.807) is 0 Å². The number of nitrogens with one attached hydrogen (secondary N) is 2. The lowest BCUT2D eigenvalue weighted by Crippen LogP contribution is -2.58. The molecule has 11 heavy (non-hydrogen) atoms. The average molecular weight is 156 g/mol. The van der Waals surface area contributed by atoms with Crippen LogP contribution >= 0.6 is 0 Å². The molecule has 0 aromatic heterocycles. The van der Waals surface area contributed by atoms with Crippen LogP contribution in [0.1, 0.15) is 20.8 Å². The first-order valence-electron chi connectivity index (χ1n) is 4.15. The Morgan fingerprint density at radius 1 is 1.55 bits per heavy atom. The molecule has 0 radical (unpaired) electrons. The second-order valence-electron chi connectivity index (χ2n) is 3.48. The van der Waals surface area contributed by atoms with E-state index in [2.05, 4.69) is 24.5 Å². The van der Waals surface area contributed by atoms with Gasteiger partial charge < -0.3 is 10.6 Å². The Labute approximate surface area is 67.5 Å². The quantitative estimate of drug-likeness (QED) is 0.566. The number of rotatable bonds is 1. The molecule has 0 spiro atoms. The van der Waals surface area contributed by atoms with E-state index < -0.39 is 0 Å². The highest BCUT2D eigenvalue weighted by atomic mass is 16.2. The van der Waals surface area contributed by atoms with Crippen molar-refractivity contribution in [1.82, 2.24) is 10.6 Å². The average Bonchev–Trinajstić information content (AvgIpc) is 1.94. The number of hydrogen-bond acceptors (Lipinski definition) is 2. The minimum Gasteiger partial charge on any atom is -0.353 e. The van der Waals surface area contributed by atoms with Crippen molar-refractivity contribution in [3.8, 4) is 0 Å². The summed E-state index contributed by atoms with van der Waals surface area (Å²) < 4.78 is 0. The largest absolute Gasteiger partial charge is 0.353 e. The van der Waals surface area contributed by atoms with E-state index in [-0.39, 0.29) is 11.9 Å². The molecule has 2 N–H and O–H groups in total. The van der Waals surface area contributed by atoms with Crippen LogP contribution in [0, 0.1) is 5.92 Å². The van der Waals surface area contributed by atoms with Crippen LogP contribution in [0.5, 0.6) is 0 Å². The summed E-state index contributed by atoms with van der Waals surface area (Å²) in [6, 6.07) is 0.402. The summed E-state index contributed by atoms with van der Waals surface area (Å²) in [5.74, 6) is 0.694. The lowest BCUT2D eigenvalue weighted by molar-refractivity contribution is -0.124. The predicted molar refractivity (Wildman–Crippen MR) is 44.2 cm³/mol. The molecule has 0 aromatic rings. The van der Waals surface area contributed by atoms with Crippen molar-refractivity contribution in [3.05, 3.63) is 0 Å². The van der Waals surface area contributed by atoms with E-state index in [1.807, 2.05) is 6.92 Å². The number of hydrogen-bond donors (Lipinski definition) is 2. The maximum atomic E-state index is 11.0. The summed E-state index contributed by atoms with van der Waals surface area (Å²) in [6.45, 7) is 6.97. The van der Waals surface area contributed by atoms with Crippen LogP contribution in [0.15, 0.2) is 0 Å². The summed E-state index contributed by atoms with van der Waals surface area (Å²) >= 11 is 0. The van der Waals surface area contributed by atoms with Gasteiger partial charge in [-0.2, -0.15) is 0 Å². The molecule has 0 saturated carbocycles. The normalized spacial score (nSPS) is 32.2. The summed E-state index contributed by atoms with van der Waals surface area (Å²) in [5.41, 5.74) is 0. The van der Waals surface area contributed by atoms with Crippen molar-refractivity contribution in [1.29, 1.82) is 0 Å². The third-order valence-electron chi connectivity index (χ3n) is 2.16. The molecular formula is C8H16N2O. The number of carbonyl (C=O) groups is 1. The van der Waals surface area contributed by atoms with Crippen LogP contribution in [0.3, 0.4) is 0 Å². The fourth-order valence-electron chi connectivity index (χ4n) is 1.25. The second kappa shape index (κ2) is 3.22. The summed E-state index contributed by atoms with van der Waals surface area (Å²) in [4.78, 5) is 11.0. The Morgan fingerprint density at radius 2 is 2.18 bits per heavy atom. The van der Waals surface area contributed by atoms with Crippen LogP contribution in [-0.2, 0) is 4.79 Å². The fourth-order valence-corrected chi connectivity index (χ4v) is 1.25. The molecule has 1 amide bonds. The van der Waals surface area contributed by atoms with Gasteiger partial charge in [0, 0.05) is 12.6 Å². The Balaban J connectivity index is 2.46. The third kappa shape index (κ3) is 1.93. The Morgan fingerprint density at radius 3 is 2.64 bits per heavy atom. The second-order valence-corrected chi connectivity index (χ2v) is 3.48. The maximum absolute atomic E-state index is 11.0. The number of amides is 1. The molecule has 1 heterocycles. The van der Waals surface area contributed by atoms with Gasteiger partial charge in [-0.1, -0.05) is 13.8 Å². The van der Waals surface area contributed by atoms with Crippen molar-refractivity contribution in [3.63, 3.8) is 0 Å². The van der Waals surface area contributed by atoms with E-state index in [9.17, 15) is 4.79 Å². The SMILES string of the molecule is CC(C)C1CNC(=O)[C@@H](C)N1. The molecule has 3 heteroatoms. The van der Waals surface area contributed by atoms with E-state index in [1.165, 1.54) is 0 Å². The van der Waals surface area contributed by atoms with E-state index in [0.29, 0.717) is 12.0 Å². The Hall–Kier alpha value is -0.570. The molecule has 1 fully saturated rings. The van der Waals surface area contributed by atoms with E-state index >= 15 is 0 Å². The monoisotopic (exact) mass is 156 g/mol. The highest BCUT2D eigenvalue weighted by Gasteiger charge is 2.25. The first-order valence-corrected chi connectivity index (χ1v) is 4.15. The zero-order valence-electron chi connectivity index (χ0n) is 7.35. The molecule has 64 valence electrons. The minimum atomic E-state index is -0.0313. The minimum absolute atomic E-state index is 0.0313. The zero-order valence-corrected chi connectivity index (χ0v) is 7.35. The molecule has 0 aromatic carbocycles. The Kier molecular flexibility index (Phi) is 2.49. The van der Waals surface area contributed by atoms with Crippen LogP contribution in [-0.4, -0.2) is 24.5 Å². The third-order valence-corrected chi connectivity index (χ3v) is 2.16. The fraction of sp³-hybridized carbons (Fsp3) is 0.875. The molecule has 1 saturated heterocycles. The van der Waals surface area contributed by atoms with Crippen LogP contribution in [0.2, 0.25) is 0 Å². The van der Waals surface area contributed by atoms with E-state index in [4.69, 9.17) is 0 Å². The predicted octanol–water partition coefficient (Wildman–Crippen LogP) is 0.119. The standard InChI is InChI=1S/C8H16N2O/c1-5(2)7-4-9-8(11)6(3)10-7/h5-7,10H,4H2,1-3H3,(H,9,11)/t6-,7?/m1/s1. The van der Waals surface area contributed by atoms with E-state index in [0.717, 1.165) is 6.54 Å². The lowest BCUT2D eigenvalue weighted by atomic mass is 10.0. The van der Waals surface area contributed by atoms with Gasteiger partial charge in [-0.05, 0) is 12.8 Å². The van der Waals surface area contributed by atoms with Crippen molar-refractivity contribution >= 4 is 5.91 Å². The van der Waals surface area contributed by atoms with Gasteiger partial charge in [0.2, 0.25) is 5.91 Å². The summed E-state index contributed by atoms with van der Waals surface area (Å²) in [6.07, 6.45) is 0. The molecule has 0 bridgehead atoms. The van der Waals surface area contributed by atoms with Crippen molar-refractivity contribution in [2.45, 2.75) is 32.9 Å². The van der Waals surface area contributed by atoms with Crippen LogP contribution in [0.25, 0.3) is 0 Å². The van der Waals surface area contributed by atoms with Crippen molar-refractivity contribution in [2.75, 3.05) is 6.54 Å². The van der Waals surface area contributed by atoms with Crippen molar-refractivity contribution < 1.29 is 4.79 Å². The zero-order chi connectivity index (χ0) is 8.43. The Bertz CT molecular complexity index is 156. The molecule has 2 atom stereocenters. The smallest absolute Gasteiger partial charge is 0.236 e. The van der Waals surface area contributed by atoms with Gasteiger partial charge in [-0.25, -0.2) is 0 Å². The summed E-state index contributed by atoms with van der Waals surface area (Å²) in [5, 5.41) is 6.12. The molecule has 1 unspecified atom stereocenters. The molecule has 1 aliphatic rings. The molecule has 0 aliphatic carbocycles. The molecule has 3 nitrogen and oxygen atoms in total. The van der Waals surface area contributed by atoms with Gasteiger partial charge in [-0.15, -0.1) is 0 Å². The van der Waals surface area contributed by atoms with Gasteiger partial charge in [0.1, 0.15) is 0 Å². The number of piperazine rings is 1. The molecule has 1 aliphatic heterocycles. The highest BCUT2D eigenvalue weighted by molar-refractivity contribution is 5.82. The van der Waals surface area contributed by atoms with Gasteiger partial charge >= 0.3 is 0 Å². The maximum Gasteiger partial charge on any atom is 0.236 e. The first-order chi connectivity index (χ1) is 5.11. The van der Waals surface area contributed by atoms with Crippen molar-refractivity contribution in [2.24, 2.45) is 5.92 Å². The lowest BCUT2D eigenvalue weighted by Gasteiger charge is -2.31. The van der Waals surface area contributed by atoms with Crippen LogP contribution < -0.4 is 10.6 Å².